The number of hydrogen-bond donors (Lipinski definition) is 6. The maximum absolute atomic E-state index is 13.7. The van der Waals surface area contributed by atoms with Crippen LogP contribution < -0.4 is 5.73 Å². The number of fused-ring (bicyclic) bond motifs is 3. The Hall–Kier alpha value is -4.39. The van der Waals surface area contributed by atoms with Gasteiger partial charge in [-0.1, -0.05) is 37.0 Å². The Morgan fingerprint density at radius 1 is 1.05 bits per heavy atom. The Kier molecular flexibility index (Phi) is 5.48. The number of rotatable bonds is 1. The monoisotopic (exact) mass is 501 g/mol. The summed E-state index contributed by atoms with van der Waals surface area (Å²) in [6, 6.07) is 12.0. The molecular weight excluding hydrogens is 478 g/mol. The third-order valence-corrected chi connectivity index (χ3v) is 7.59. The molecule has 1 saturated carbocycles. The fraction of sp³-hybridized carbons (Fsp3) is 0.250. The van der Waals surface area contributed by atoms with Gasteiger partial charge in [0.25, 0.3) is 5.91 Å². The number of Topliss-reactive ketones (excluding diaryl/α,β-unsaturated/α-hetero) is 2. The molecule has 2 aromatic rings. The van der Waals surface area contributed by atoms with E-state index in [1.807, 2.05) is 30.3 Å². The number of hydrogen-bond acceptors (Lipinski definition) is 8. The summed E-state index contributed by atoms with van der Waals surface area (Å²) in [4.78, 5) is 38.0. The van der Waals surface area contributed by atoms with E-state index in [1.165, 1.54) is 6.07 Å². The van der Waals surface area contributed by atoms with Crippen LogP contribution in [0.4, 0.5) is 0 Å². The van der Waals surface area contributed by atoms with E-state index in [4.69, 9.17) is 5.73 Å². The highest BCUT2D eigenvalue weighted by molar-refractivity contribution is 6.23. The van der Waals surface area contributed by atoms with Crippen LogP contribution in [0.15, 0.2) is 59.4 Å². The number of primary amides is 1. The lowest BCUT2D eigenvalue weighted by Gasteiger charge is -2.50. The Bertz CT molecular complexity index is 1510. The molecule has 2 aromatic carbocycles. The number of phenolic OH excluding ortho intramolecular Hbond substituents is 1. The van der Waals surface area contributed by atoms with Gasteiger partial charge in [0.1, 0.15) is 22.8 Å². The molecule has 7 N–H and O–H groups in total. The van der Waals surface area contributed by atoms with Crippen molar-refractivity contribution in [1.82, 2.24) is 0 Å². The highest BCUT2D eigenvalue weighted by atomic mass is 16.4. The molecule has 1 fully saturated rings. The minimum Gasteiger partial charge on any atom is -0.508 e. The molecule has 5 rings (SSSR count). The Morgan fingerprint density at radius 3 is 2.38 bits per heavy atom. The zero-order valence-electron chi connectivity index (χ0n) is 19.6. The highest BCUT2D eigenvalue weighted by Crippen LogP contribution is 2.56. The SMILES string of the molecule is C[C@H]1c2c(C#Cc3ccccc3)ccc(O)c2C(O)=C2C(=O)[C@]3(O)C(O)=C(C(N)=O)C(=O)C[C@@H]3[C@@H](O)[C@@H]21. The van der Waals surface area contributed by atoms with Gasteiger partial charge in [0.05, 0.1) is 11.7 Å². The van der Waals surface area contributed by atoms with Gasteiger partial charge in [0, 0.05) is 35.0 Å². The van der Waals surface area contributed by atoms with Crippen LogP contribution in [0.2, 0.25) is 0 Å². The van der Waals surface area contributed by atoms with Crippen LogP contribution in [0, 0.1) is 23.7 Å². The quantitative estimate of drug-likeness (QED) is 0.250. The zero-order valence-corrected chi connectivity index (χ0v) is 19.6. The topological polar surface area (TPSA) is 178 Å². The van der Waals surface area contributed by atoms with E-state index in [-0.39, 0.29) is 11.3 Å². The van der Waals surface area contributed by atoms with E-state index < -0.39 is 76.0 Å². The first-order valence-corrected chi connectivity index (χ1v) is 11.6. The van der Waals surface area contributed by atoms with Crippen LogP contribution >= 0.6 is 0 Å². The first kappa shape index (κ1) is 24.3. The number of aromatic hydroxyl groups is 1. The molecule has 188 valence electrons. The van der Waals surface area contributed by atoms with Crippen molar-refractivity contribution in [2.24, 2.45) is 17.6 Å². The van der Waals surface area contributed by atoms with Crippen molar-refractivity contribution in [3.05, 3.63) is 81.6 Å². The minimum absolute atomic E-state index is 0.0910. The van der Waals surface area contributed by atoms with Gasteiger partial charge in [-0.15, -0.1) is 0 Å². The number of benzene rings is 2. The van der Waals surface area contributed by atoms with Crippen molar-refractivity contribution in [3.8, 4) is 17.6 Å². The normalized spacial score (nSPS) is 28.6. The van der Waals surface area contributed by atoms with Gasteiger partial charge >= 0.3 is 0 Å². The molecule has 3 aliphatic rings. The van der Waals surface area contributed by atoms with Crippen LogP contribution in [0.1, 0.15) is 41.5 Å². The smallest absolute Gasteiger partial charge is 0.255 e. The van der Waals surface area contributed by atoms with Gasteiger partial charge in [0.2, 0.25) is 5.78 Å². The molecule has 0 radical (unpaired) electrons. The maximum atomic E-state index is 13.7. The number of phenols is 1. The van der Waals surface area contributed by atoms with Crippen molar-refractivity contribution < 1.29 is 39.9 Å². The maximum Gasteiger partial charge on any atom is 0.255 e. The van der Waals surface area contributed by atoms with Crippen molar-refractivity contribution in [3.63, 3.8) is 0 Å². The number of amides is 1. The second kappa shape index (κ2) is 8.34. The van der Waals surface area contributed by atoms with Crippen LogP contribution in [0.25, 0.3) is 5.76 Å². The second-order valence-electron chi connectivity index (χ2n) is 9.52. The van der Waals surface area contributed by atoms with Crippen LogP contribution in [-0.4, -0.2) is 54.7 Å². The van der Waals surface area contributed by atoms with Gasteiger partial charge < -0.3 is 31.3 Å². The number of aliphatic hydroxyl groups is 4. The molecule has 3 aliphatic carbocycles. The second-order valence-corrected chi connectivity index (χ2v) is 9.52. The predicted octanol–water partition coefficient (Wildman–Crippen LogP) is 1.36. The summed E-state index contributed by atoms with van der Waals surface area (Å²) in [5.74, 6) is -3.04. The minimum atomic E-state index is -2.87. The highest BCUT2D eigenvalue weighted by Gasteiger charge is 2.65. The van der Waals surface area contributed by atoms with Crippen LogP contribution in [-0.2, 0) is 14.4 Å². The van der Waals surface area contributed by atoms with Gasteiger partial charge in [0.15, 0.2) is 11.4 Å². The van der Waals surface area contributed by atoms with Gasteiger partial charge in [-0.2, -0.15) is 0 Å². The molecule has 5 atom stereocenters. The number of carbonyl (C=O) groups is 3. The lowest BCUT2D eigenvalue weighted by Crippen LogP contribution is -2.64. The number of ketones is 2. The first-order chi connectivity index (χ1) is 17.5. The van der Waals surface area contributed by atoms with E-state index >= 15 is 0 Å². The fourth-order valence-electron chi connectivity index (χ4n) is 5.85. The molecule has 9 heteroatoms. The predicted molar refractivity (Wildman–Crippen MR) is 130 cm³/mol. The molecule has 1 amide bonds. The van der Waals surface area contributed by atoms with Crippen molar-refractivity contribution in [2.75, 3.05) is 0 Å². The summed E-state index contributed by atoms with van der Waals surface area (Å²) in [5.41, 5.74) is 2.42. The lowest BCUT2D eigenvalue weighted by molar-refractivity contribution is -0.160. The Balaban J connectivity index is 1.74. The molecule has 0 heterocycles. The molecule has 0 unspecified atom stereocenters. The summed E-state index contributed by atoms with van der Waals surface area (Å²) in [6.07, 6.45) is -2.22. The standard InChI is InChI=1S/C28H23NO8/c1-12-18-14(8-7-13-5-3-2-4-6-13)9-10-16(30)20(18)24(33)22-19(12)23(32)15-11-17(31)21(27(29)36)25(34)28(15,37)26(22)35/h2-6,9-10,12,15,19,23,30,32-34,37H,11H2,1H3,(H2,29,36)/t12-,15+,19+,23+,28+/m0/s1. The van der Waals surface area contributed by atoms with Crippen LogP contribution in [0.5, 0.6) is 5.75 Å². The molecule has 0 aliphatic heterocycles. The average molecular weight is 501 g/mol. The summed E-state index contributed by atoms with van der Waals surface area (Å²) >= 11 is 0. The molecule has 0 spiro atoms. The van der Waals surface area contributed by atoms with E-state index in [2.05, 4.69) is 11.8 Å². The third kappa shape index (κ3) is 3.30. The average Bonchev–Trinajstić information content (AvgIpc) is 2.86. The summed E-state index contributed by atoms with van der Waals surface area (Å²) < 4.78 is 0. The number of aliphatic hydroxyl groups excluding tert-OH is 3. The molecule has 0 aromatic heterocycles. The van der Waals surface area contributed by atoms with Crippen LogP contribution in [0.3, 0.4) is 0 Å². The molecule has 9 nitrogen and oxygen atoms in total. The summed E-state index contributed by atoms with van der Waals surface area (Å²) in [5, 5.41) is 55.3. The number of nitrogens with two attached hydrogens (primary N) is 1. The molecule has 0 bridgehead atoms. The van der Waals surface area contributed by atoms with E-state index in [9.17, 15) is 39.9 Å². The molecule has 0 saturated heterocycles. The third-order valence-electron chi connectivity index (χ3n) is 7.59. The summed E-state index contributed by atoms with van der Waals surface area (Å²) in [7, 11) is 0. The van der Waals surface area contributed by atoms with E-state index in [0.29, 0.717) is 11.1 Å². The van der Waals surface area contributed by atoms with E-state index in [0.717, 1.165) is 5.56 Å². The van der Waals surface area contributed by atoms with Crippen molar-refractivity contribution >= 4 is 23.2 Å². The first-order valence-electron chi connectivity index (χ1n) is 11.6. The van der Waals surface area contributed by atoms with Gasteiger partial charge in [-0.05, 0) is 35.7 Å². The van der Waals surface area contributed by atoms with Gasteiger partial charge in [-0.25, -0.2) is 0 Å². The van der Waals surface area contributed by atoms with Crippen molar-refractivity contribution in [1.29, 1.82) is 0 Å². The van der Waals surface area contributed by atoms with Crippen molar-refractivity contribution in [2.45, 2.75) is 31.0 Å². The van der Waals surface area contributed by atoms with E-state index in [1.54, 1.807) is 13.0 Å². The number of carbonyl (C=O) groups excluding carboxylic acids is 3. The largest absolute Gasteiger partial charge is 0.508 e. The molecular formula is C28H23NO8. The summed E-state index contributed by atoms with van der Waals surface area (Å²) in [6.45, 7) is 1.67. The zero-order chi connectivity index (χ0) is 26.8. The fourth-order valence-corrected chi connectivity index (χ4v) is 5.85. The molecule has 37 heavy (non-hydrogen) atoms. The lowest BCUT2D eigenvalue weighted by atomic mass is 9.55. The van der Waals surface area contributed by atoms with Gasteiger partial charge in [-0.3, -0.25) is 14.4 Å². The Labute approximate surface area is 211 Å². The Morgan fingerprint density at radius 2 is 1.73 bits per heavy atom.